The number of aliphatic hydroxyl groups excluding tert-OH is 1. The topological polar surface area (TPSA) is 92.3 Å². The number of aryl methyl sites for hydroxylation is 1. The first-order valence-electron chi connectivity index (χ1n) is 9.82. The molecule has 27 heavy (non-hydrogen) atoms. The summed E-state index contributed by atoms with van der Waals surface area (Å²) in [4.78, 5) is 23.3. The molecule has 1 N–H and O–H groups in total. The van der Waals surface area contributed by atoms with E-state index in [1.165, 1.54) is 0 Å². The maximum Gasteiger partial charge on any atom is 0.226 e. The Kier molecular flexibility index (Phi) is 4.95. The van der Waals surface area contributed by atoms with Crippen LogP contribution in [0.2, 0.25) is 0 Å². The Hall–Kier alpha value is -2.28. The lowest BCUT2D eigenvalue weighted by Crippen LogP contribution is -2.42. The Balaban J connectivity index is 1.33. The average molecular weight is 370 g/mol. The summed E-state index contributed by atoms with van der Waals surface area (Å²) in [6, 6.07) is 4.22. The Labute approximate surface area is 158 Å². The fraction of sp³-hybridized carbons (Fsp3) is 0.600. The fourth-order valence-electron chi connectivity index (χ4n) is 4.82. The van der Waals surface area contributed by atoms with Gasteiger partial charge in [-0.2, -0.15) is 4.98 Å². The van der Waals surface area contributed by atoms with Gasteiger partial charge in [0.1, 0.15) is 0 Å². The van der Waals surface area contributed by atoms with Gasteiger partial charge in [-0.15, -0.1) is 0 Å². The molecular weight excluding hydrogens is 344 g/mol. The lowest BCUT2D eigenvalue weighted by molar-refractivity contribution is -0.133. The highest BCUT2D eigenvalue weighted by Crippen LogP contribution is 2.51. The minimum absolute atomic E-state index is 0.0936. The number of hydrogen-bond acceptors (Lipinski definition) is 6. The van der Waals surface area contributed by atoms with Crippen LogP contribution >= 0.6 is 0 Å². The van der Waals surface area contributed by atoms with Gasteiger partial charge in [-0.3, -0.25) is 9.78 Å². The van der Waals surface area contributed by atoms with Crippen LogP contribution in [0.1, 0.15) is 51.3 Å². The number of pyridine rings is 1. The molecule has 0 aromatic carbocycles. The third-order valence-corrected chi connectivity index (χ3v) is 6.33. The molecule has 2 fully saturated rings. The number of aromatic nitrogens is 3. The number of rotatable bonds is 7. The first-order valence-corrected chi connectivity index (χ1v) is 9.82. The molecular formula is C20H26N4O3. The molecule has 1 amide bonds. The monoisotopic (exact) mass is 370 g/mol. The van der Waals surface area contributed by atoms with E-state index in [1.807, 2.05) is 12.1 Å². The normalized spacial score (nSPS) is 26.7. The van der Waals surface area contributed by atoms with Crippen molar-refractivity contribution in [3.8, 4) is 11.4 Å². The summed E-state index contributed by atoms with van der Waals surface area (Å²) in [7, 11) is 0. The van der Waals surface area contributed by atoms with Gasteiger partial charge in [0.05, 0.1) is 6.61 Å². The number of aliphatic hydroxyl groups is 1. The van der Waals surface area contributed by atoms with Crippen molar-refractivity contribution in [2.75, 3.05) is 6.61 Å². The Bertz CT molecular complexity index is 788. The molecule has 7 nitrogen and oxygen atoms in total. The minimum atomic E-state index is -0.0936. The molecule has 2 aliphatic rings. The standard InChI is InChI=1S/C20H26N4O3/c1-2-20(13-25)11-15-8-9-16(20)24(15)18(26)7-3-6-17-22-19(23-27-17)14-5-4-10-21-12-14/h4-5,10,12,15-16,25H,2-3,6-9,11,13H2,1H3/t15-,16+,20-/m0/s1. The van der Waals surface area contributed by atoms with Crippen LogP contribution in [0, 0.1) is 5.41 Å². The summed E-state index contributed by atoms with van der Waals surface area (Å²) in [5.41, 5.74) is 0.723. The van der Waals surface area contributed by atoms with E-state index in [4.69, 9.17) is 4.52 Å². The summed E-state index contributed by atoms with van der Waals surface area (Å²) in [5.74, 6) is 1.26. The molecule has 2 saturated heterocycles. The van der Waals surface area contributed by atoms with E-state index in [0.717, 1.165) is 31.2 Å². The maximum atomic E-state index is 12.8. The van der Waals surface area contributed by atoms with E-state index in [2.05, 4.69) is 26.9 Å². The highest BCUT2D eigenvalue weighted by molar-refractivity contribution is 5.78. The lowest BCUT2D eigenvalue weighted by atomic mass is 9.72. The van der Waals surface area contributed by atoms with Gasteiger partial charge in [0.15, 0.2) is 0 Å². The van der Waals surface area contributed by atoms with Crippen molar-refractivity contribution >= 4 is 5.91 Å². The molecule has 0 spiro atoms. The van der Waals surface area contributed by atoms with Gasteiger partial charge in [0.2, 0.25) is 17.6 Å². The van der Waals surface area contributed by atoms with E-state index in [9.17, 15) is 9.90 Å². The third-order valence-electron chi connectivity index (χ3n) is 6.33. The number of hydrogen-bond donors (Lipinski definition) is 1. The predicted molar refractivity (Wildman–Crippen MR) is 98.5 cm³/mol. The van der Waals surface area contributed by atoms with Crippen LogP contribution in [-0.2, 0) is 11.2 Å². The maximum absolute atomic E-state index is 12.8. The van der Waals surface area contributed by atoms with Crippen molar-refractivity contribution in [3.05, 3.63) is 30.4 Å². The first kappa shape index (κ1) is 18.1. The number of amides is 1. The minimum Gasteiger partial charge on any atom is -0.396 e. The van der Waals surface area contributed by atoms with Crippen LogP contribution in [-0.4, -0.2) is 49.7 Å². The molecule has 0 radical (unpaired) electrons. The number of nitrogens with zero attached hydrogens (tertiary/aromatic N) is 4. The van der Waals surface area contributed by atoms with Crippen LogP contribution in [0.3, 0.4) is 0 Å². The van der Waals surface area contributed by atoms with Gasteiger partial charge in [-0.1, -0.05) is 12.1 Å². The summed E-state index contributed by atoms with van der Waals surface area (Å²) < 4.78 is 5.30. The quantitative estimate of drug-likeness (QED) is 0.805. The first-order chi connectivity index (χ1) is 13.2. The number of carbonyl (C=O) groups excluding carboxylic acids is 1. The molecule has 4 rings (SSSR count). The van der Waals surface area contributed by atoms with Gasteiger partial charge in [-0.05, 0) is 44.2 Å². The molecule has 144 valence electrons. The Morgan fingerprint density at radius 3 is 3.04 bits per heavy atom. The van der Waals surface area contributed by atoms with Gasteiger partial charge in [0.25, 0.3) is 0 Å². The molecule has 2 aromatic heterocycles. The molecule has 7 heteroatoms. The predicted octanol–water partition coefficient (Wildman–Crippen LogP) is 2.61. The molecule has 2 aliphatic heterocycles. The summed E-state index contributed by atoms with van der Waals surface area (Å²) in [6.45, 7) is 2.29. The highest BCUT2D eigenvalue weighted by Gasteiger charge is 2.55. The largest absolute Gasteiger partial charge is 0.396 e. The van der Waals surface area contributed by atoms with Gasteiger partial charge < -0.3 is 14.5 Å². The second kappa shape index (κ2) is 7.38. The van der Waals surface area contributed by atoms with Crippen LogP contribution in [0.5, 0.6) is 0 Å². The van der Waals surface area contributed by atoms with Gasteiger partial charge in [0, 0.05) is 48.3 Å². The molecule has 2 aromatic rings. The van der Waals surface area contributed by atoms with Crippen molar-refractivity contribution in [1.29, 1.82) is 0 Å². The van der Waals surface area contributed by atoms with Crippen LogP contribution in [0.4, 0.5) is 0 Å². The van der Waals surface area contributed by atoms with E-state index >= 15 is 0 Å². The smallest absolute Gasteiger partial charge is 0.226 e. The molecule has 0 saturated carbocycles. The Morgan fingerprint density at radius 1 is 1.44 bits per heavy atom. The van der Waals surface area contributed by atoms with Crippen molar-refractivity contribution in [2.24, 2.45) is 5.41 Å². The van der Waals surface area contributed by atoms with Crippen LogP contribution < -0.4 is 0 Å². The molecule has 3 atom stereocenters. The molecule has 2 bridgehead atoms. The highest BCUT2D eigenvalue weighted by atomic mass is 16.5. The summed E-state index contributed by atoms with van der Waals surface area (Å²) in [5, 5.41) is 13.9. The zero-order chi connectivity index (χ0) is 18.9. The zero-order valence-corrected chi connectivity index (χ0v) is 15.7. The second-order valence-corrected chi connectivity index (χ2v) is 7.73. The van der Waals surface area contributed by atoms with Crippen molar-refractivity contribution in [1.82, 2.24) is 20.0 Å². The average Bonchev–Trinajstić information content (AvgIpc) is 3.42. The van der Waals surface area contributed by atoms with Crippen LogP contribution in [0.15, 0.2) is 29.0 Å². The van der Waals surface area contributed by atoms with E-state index in [0.29, 0.717) is 37.0 Å². The van der Waals surface area contributed by atoms with E-state index < -0.39 is 0 Å². The number of fused-ring (bicyclic) bond motifs is 2. The van der Waals surface area contributed by atoms with Crippen molar-refractivity contribution < 1.29 is 14.4 Å². The fourth-order valence-corrected chi connectivity index (χ4v) is 4.82. The molecule has 0 unspecified atom stereocenters. The molecule has 0 aliphatic carbocycles. The number of carbonyl (C=O) groups is 1. The molecule has 4 heterocycles. The SMILES string of the molecule is CC[C@@]1(CO)C[C@@H]2CC[C@H]1N2C(=O)CCCc1nc(-c2cccnc2)no1. The summed E-state index contributed by atoms with van der Waals surface area (Å²) in [6.07, 6.45) is 9.08. The van der Waals surface area contributed by atoms with Gasteiger partial charge in [-0.25, -0.2) is 0 Å². The van der Waals surface area contributed by atoms with Gasteiger partial charge >= 0.3 is 0 Å². The van der Waals surface area contributed by atoms with Crippen molar-refractivity contribution in [2.45, 2.75) is 64.0 Å². The zero-order valence-electron chi connectivity index (χ0n) is 15.7. The van der Waals surface area contributed by atoms with E-state index in [-0.39, 0.29) is 24.0 Å². The van der Waals surface area contributed by atoms with Crippen molar-refractivity contribution in [3.63, 3.8) is 0 Å². The van der Waals surface area contributed by atoms with E-state index in [1.54, 1.807) is 12.4 Å². The third kappa shape index (κ3) is 3.25. The lowest BCUT2D eigenvalue weighted by Gasteiger charge is -2.34. The Morgan fingerprint density at radius 2 is 2.33 bits per heavy atom. The second-order valence-electron chi connectivity index (χ2n) is 7.73. The van der Waals surface area contributed by atoms with Crippen LogP contribution in [0.25, 0.3) is 11.4 Å². The summed E-state index contributed by atoms with van der Waals surface area (Å²) >= 11 is 0.